The van der Waals surface area contributed by atoms with Crippen molar-refractivity contribution in [2.45, 2.75) is 18.4 Å². The summed E-state index contributed by atoms with van der Waals surface area (Å²) in [5, 5.41) is 7.62. The summed E-state index contributed by atoms with van der Waals surface area (Å²) in [6.45, 7) is 2.42. The van der Waals surface area contributed by atoms with E-state index < -0.39 is 0 Å². The van der Waals surface area contributed by atoms with E-state index in [1.165, 1.54) is 82.6 Å². The minimum atomic E-state index is -0.258. The Morgan fingerprint density at radius 2 is 0.984 bits per heavy atom. The summed E-state index contributed by atoms with van der Waals surface area (Å²) in [5.41, 5.74) is 14.2. The molecule has 2 atom stereocenters. The van der Waals surface area contributed by atoms with E-state index >= 15 is 0 Å². The molecule has 1 aliphatic carbocycles. The number of allylic oxidation sites excluding steroid dienone is 2. The van der Waals surface area contributed by atoms with Gasteiger partial charge in [-0.1, -0.05) is 194 Å². The Labute approximate surface area is 369 Å². The first-order chi connectivity index (χ1) is 31.1. The summed E-state index contributed by atoms with van der Waals surface area (Å²) in [6, 6.07) is 80.1. The van der Waals surface area contributed by atoms with Crippen molar-refractivity contribution < 1.29 is 0 Å². The van der Waals surface area contributed by atoms with Crippen LogP contribution in [0.3, 0.4) is 0 Å². The van der Waals surface area contributed by atoms with Crippen LogP contribution >= 0.6 is 0 Å². The van der Waals surface area contributed by atoms with Crippen molar-refractivity contribution in [2.75, 3.05) is 9.80 Å². The van der Waals surface area contributed by atoms with Crippen molar-refractivity contribution >= 4 is 60.8 Å². The summed E-state index contributed by atoms with van der Waals surface area (Å²) < 4.78 is 0. The zero-order chi connectivity index (χ0) is 41.9. The maximum Gasteiger partial charge on any atom is 0.0655 e. The molecule has 298 valence electrons. The second-order valence-corrected chi connectivity index (χ2v) is 17.1. The highest BCUT2D eigenvalue weighted by Gasteiger charge is 2.48. The number of para-hydroxylation sites is 1. The van der Waals surface area contributed by atoms with Gasteiger partial charge < -0.3 is 9.80 Å². The predicted octanol–water partition coefficient (Wildman–Crippen LogP) is 16.5. The van der Waals surface area contributed by atoms with E-state index in [4.69, 9.17) is 0 Å². The van der Waals surface area contributed by atoms with Crippen LogP contribution in [0.15, 0.2) is 243 Å². The molecule has 0 spiro atoms. The summed E-state index contributed by atoms with van der Waals surface area (Å²) in [5.74, 6) is 0. The molecule has 1 aliphatic heterocycles. The fourth-order valence-electron chi connectivity index (χ4n) is 10.5. The quantitative estimate of drug-likeness (QED) is 0.148. The highest BCUT2D eigenvalue weighted by molar-refractivity contribution is 6.14. The van der Waals surface area contributed by atoms with Crippen molar-refractivity contribution in [3.05, 3.63) is 248 Å². The van der Waals surface area contributed by atoms with Gasteiger partial charge in [-0.2, -0.15) is 0 Å². The molecule has 12 rings (SSSR count). The van der Waals surface area contributed by atoms with Crippen LogP contribution in [-0.4, -0.2) is 6.04 Å². The first kappa shape index (κ1) is 36.9. The predicted molar refractivity (Wildman–Crippen MR) is 268 cm³/mol. The van der Waals surface area contributed by atoms with Crippen LogP contribution in [0.4, 0.5) is 28.4 Å². The fourth-order valence-corrected chi connectivity index (χ4v) is 10.5. The molecule has 10 aromatic rings. The number of rotatable bonds is 7. The van der Waals surface area contributed by atoms with E-state index in [0.717, 1.165) is 17.1 Å². The van der Waals surface area contributed by atoms with Gasteiger partial charge in [0.2, 0.25) is 0 Å². The molecule has 2 aliphatic rings. The average molecular weight is 805 g/mol. The van der Waals surface area contributed by atoms with Gasteiger partial charge in [-0.05, 0) is 121 Å². The second kappa shape index (κ2) is 14.9. The lowest BCUT2D eigenvalue weighted by Gasteiger charge is -2.35. The normalized spacial score (nSPS) is 16.4. The standard InChI is InChI=1S/C61H44N2/c1-61-39-12-11-30-59(61)63(58-41-47-17-6-8-24-53(47)55-25-9-10-26-56(55)58)57-29-15-28-54(60(57)61)46-19-13-22-50(40-46)62(48-20-3-2-4-21-48)49-37-35-43(36-38-49)42-31-33-45(34-32-42)52-27-14-18-44-16-5-7-23-51(44)52/h2-41,59H,1H3. The maximum absolute atomic E-state index is 2.60. The number of fused-ring (bicyclic) bond motifs is 7. The van der Waals surface area contributed by atoms with Crippen LogP contribution in [0.1, 0.15) is 12.5 Å². The molecule has 0 amide bonds. The second-order valence-electron chi connectivity index (χ2n) is 17.1. The molecule has 0 saturated carbocycles. The molecule has 2 heteroatoms. The molecule has 0 saturated heterocycles. The Bertz CT molecular complexity index is 3410. The summed E-state index contributed by atoms with van der Waals surface area (Å²) in [7, 11) is 0. The van der Waals surface area contributed by atoms with E-state index in [0.29, 0.717) is 0 Å². The van der Waals surface area contributed by atoms with Crippen LogP contribution in [-0.2, 0) is 5.41 Å². The highest BCUT2D eigenvalue weighted by atomic mass is 15.2. The average Bonchev–Trinajstić information content (AvgIpc) is 3.62. The molecule has 10 aromatic carbocycles. The minimum absolute atomic E-state index is 0.111. The van der Waals surface area contributed by atoms with Crippen molar-refractivity contribution in [2.24, 2.45) is 0 Å². The molecule has 0 radical (unpaired) electrons. The molecule has 2 unspecified atom stereocenters. The number of benzene rings is 10. The maximum atomic E-state index is 2.60. The molecule has 1 heterocycles. The largest absolute Gasteiger partial charge is 0.332 e. The van der Waals surface area contributed by atoms with Crippen molar-refractivity contribution in [3.8, 4) is 33.4 Å². The topological polar surface area (TPSA) is 6.48 Å². The van der Waals surface area contributed by atoms with Crippen molar-refractivity contribution in [1.82, 2.24) is 0 Å². The van der Waals surface area contributed by atoms with Gasteiger partial charge in [-0.3, -0.25) is 0 Å². The fraction of sp³-hybridized carbons (Fsp3) is 0.0492. The monoisotopic (exact) mass is 804 g/mol. The zero-order valence-corrected chi connectivity index (χ0v) is 35.1. The van der Waals surface area contributed by atoms with Gasteiger partial charge in [0.05, 0.1) is 11.7 Å². The lowest BCUT2D eigenvalue weighted by molar-refractivity contribution is 0.552. The summed E-state index contributed by atoms with van der Waals surface area (Å²) >= 11 is 0. The third-order valence-electron chi connectivity index (χ3n) is 13.5. The Balaban J connectivity index is 0.934. The van der Waals surface area contributed by atoms with Crippen LogP contribution in [0.25, 0.3) is 65.7 Å². The van der Waals surface area contributed by atoms with Gasteiger partial charge in [0, 0.05) is 33.6 Å². The van der Waals surface area contributed by atoms with Crippen LogP contribution in [0, 0.1) is 0 Å². The van der Waals surface area contributed by atoms with E-state index in [1.54, 1.807) is 0 Å². The number of nitrogens with zero attached hydrogens (tertiary/aromatic N) is 2. The smallest absolute Gasteiger partial charge is 0.0655 e. The van der Waals surface area contributed by atoms with Crippen LogP contribution < -0.4 is 9.80 Å². The molecule has 0 aromatic heterocycles. The Kier molecular flexibility index (Phi) is 8.72. The molecule has 2 nitrogen and oxygen atoms in total. The molecule has 63 heavy (non-hydrogen) atoms. The summed E-state index contributed by atoms with van der Waals surface area (Å²) in [4.78, 5) is 4.98. The first-order valence-electron chi connectivity index (χ1n) is 22.0. The van der Waals surface area contributed by atoms with Crippen molar-refractivity contribution in [1.29, 1.82) is 0 Å². The highest BCUT2D eigenvalue weighted by Crippen LogP contribution is 2.56. The van der Waals surface area contributed by atoms with E-state index in [1.807, 2.05) is 0 Å². The first-order valence-corrected chi connectivity index (χ1v) is 22.0. The van der Waals surface area contributed by atoms with Crippen LogP contribution in [0.2, 0.25) is 0 Å². The number of anilines is 5. The summed E-state index contributed by atoms with van der Waals surface area (Å²) in [6.07, 6.45) is 9.27. The van der Waals surface area contributed by atoms with E-state index in [9.17, 15) is 0 Å². The van der Waals surface area contributed by atoms with E-state index in [-0.39, 0.29) is 11.5 Å². The minimum Gasteiger partial charge on any atom is -0.332 e. The molecular weight excluding hydrogens is 761 g/mol. The molecule has 0 bridgehead atoms. The van der Waals surface area contributed by atoms with Crippen LogP contribution in [0.5, 0.6) is 0 Å². The van der Waals surface area contributed by atoms with Gasteiger partial charge in [0.1, 0.15) is 0 Å². The van der Waals surface area contributed by atoms with Crippen molar-refractivity contribution in [3.63, 3.8) is 0 Å². The number of hydrogen-bond acceptors (Lipinski definition) is 2. The molecule has 0 fully saturated rings. The zero-order valence-electron chi connectivity index (χ0n) is 35.1. The third-order valence-corrected chi connectivity index (χ3v) is 13.5. The molecular formula is C61H44N2. The Morgan fingerprint density at radius 1 is 0.397 bits per heavy atom. The molecule has 0 N–H and O–H groups in total. The van der Waals surface area contributed by atoms with Gasteiger partial charge >= 0.3 is 0 Å². The number of hydrogen-bond donors (Lipinski definition) is 0. The SMILES string of the molecule is CC12C=CC=CC1N(c1cc3ccccc3c3ccccc13)c1cccc(-c3cccc(N(c4ccccc4)c4ccc(-c5ccc(-c6cccc7ccccc67)cc5)cc4)c3)c12. The van der Waals surface area contributed by atoms with Gasteiger partial charge in [0.25, 0.3) is 0 Å². The van der Waals surface area contributed by atoms with Gasteiger partial charge in [0.15, 0.2) is 0 Å². The Hall–Kier alpha value is -7.94. The van der Waals surface area contributed by atoms with E-state index in [2.05, 4.69) is 259 Å². The lowest BCUT2D eigenvalue weighted by Crippen LogP contribution is -2.39. The Morgan fingerprint density at radius 3 is 1.79 bits per heavy atom. The van der Waals surface area contributed by atoms with Gasteiger partial charge in [-0.15, -0.1) is 0 Å². The third kappa shape index (κ3) is 6.09. The lowest BCUT2D eigenvalue weighted by atomic mass is 9.73. The van der Waals surface area contributed by atoms with Gasteiger partial charge in [-0.25, -0.2) is 0 Å².